The van der Waals surface area contributed by atoms with Crippen molar-refractivity contribution in [2.45, 2.75) is 47.0 Å². The summed E-state index contributed by atoms with van der Waals surface area (Å²) in [6, 6.07) is 0. The van der Waals surface area contributed by atoms with E-state index in [-0.39, 0.29) is 5.92 Å². The molecule has 0 spiro atoms. The molecule has 84 valence electrons. The third kappa shape index (κ3) is 7.07. The van der Waals surface area contributed by atoms with E-state index in [0.29, 0.717) is 11.7 Å². The van der Waals surface area contributed by atoms with E-state index in [1.54, 1.807) is 6.92 Å². The molecule has 0 aliphatic rings. The first-order chi connectivity index (χ1) is 6.57. The number of ketones is 1. The Morgan fingerprint density at radius 3 is 2.43 bits per heavy atom. The van der Waals surface area contributed by atoms with E-state index in [9.17, 15) is 4.79 Å². The second kappa shape index (κ2) is 7.98. The van der Waals surface area contributed by atoms with Crippen LogP contribution < -0.4 is 5.32 Å². The highest BCUT2D eigenvalue weighted by Gasteiger charge is 2.14. The predicted molar refractivity (Wildman–Crippen MR) is 61.4 cm³/mol. The van der Waals surface area contributed by atoms with Gasteiger partial charge in [0, 0.05) is 5.92 Å². The molecule has 0 amide bonds. The molecule has 0 aromatic carbocycles. The van der Waals surface area contributed by atoms with E-state index in [0.717, 1.165) is 32.4 Å². The number of nitrogens with one attached hydrogen (secondary N) is 1. The van der Waals surface area contributed by atoms with Gasteiger partial charge < -0.3 is 5.32 Å². The van der Waals surface area contributed by atoms with Crippen LogP contribution in [-0.4, -0.2) is 18.9 Å². The molecule has 2 nitrogen and oxygen atoms in total. The fraction of sp³-hybridized carbons (Fsp3) is 0.917. The molecule has 1 atom stereocenters. The molecule has 0 bridgehead atoms. The largest absolute Gasteiger partial charge is 0.317 e. The lowest BCUT2D eigenvalue weighted by Crippen LogP contribution is -2.18. The van der Waals surface area contributed by atoms with Crippen LogP contribution >= 0.6 is 0 Å². The summed E-state index contributed by atoms with van der Waals surface area (Å²) in [6.07, 6.45) is 3.20. The molecule has 0 aliphatic heterocycles. The van der Waals surface area contributed by atoms with Crippen molar-refractivity contribution in [3.05, 3.63) is 0 Å². The molecule has 0 unspecified atom stereocenters. The lowest BCUT2D eigenvalue weighted by Gasteiger charge is -2.15. The molecule has 1 N–H and O–H groups in total. The summed E-state index contributed by atoms with van der Waals surface area (Å²) >= 11 is 0. The minimum Gasteiger partial charge on any atom is -0.317 e. The van der Waals surface area contributed by atoms with Gasteiger partial charge in [-0.3, -0.25) is 4.79 Å². The van der Waals surface area contributed by atoms with Gasteiger partial charge in [-0.15, -0.1) is 0 Å². The third-order valence-electron chi connectivity index (χ3n) is 2.49. The molecule has 0 aliphatic carbocycles. The van der Waals surface area contributed by atoms with Gasteiger partial charge in [-0.05, 0) is 45.2 Å². The quantitative estimate of drug-likeness (QED) is 0.609. The number of hydrogen-bond acceptors (Lipinski definition) is 2. The average Bonchev–Trinajstić information content (AvgIpc) is 2.09. The summed E-state index contributed by atoms with van der Waals surface area (Å²) in [5.74, 6) is 1.27. The van der Waals surface area contributed by atoms with Crippen LogP contribution in [0.4, 0.5) is 0 Å². The molecular weight excluding hydrogens is 174 g/mol. The van der Waals surface area contributed by atoms with Crippen LogP contribution in [0, 0.1) is 11.8 Å². The molecule has 0 radical (unpaired) electrons. The maximum absolute atomic E-state index is 11.3. The van der Waals surface area contributed by atoms with E-state index in [1.165, 1.54) is 0 Å². The van der Waals surface area contributed by atoms with E-state index >= 15 is 0 Å². The maximum atomic E-state index is 11.3. The Morgan fingerprint density at radius 1 is 1.36 bits per heavy atom. The second-order valence-corrected chi connectivity index (χ2v) is 4.43. The molecule has 2 heteroatoms. The van der Waals surface area contributed by atoms with Crippen molar-refractivity contribution in [1.29, 1.82) is 0 Å². The average molecular weight is 199 g/mol. The van der Waals surface area contributed by atoms with Crippen molar-refractivity contribution >= 4 is 5.78 Å². The first kappa shape index (κ1) is 13.6. The lowest BCUT2D eigenvalue weighted by molar-refractivity contribution is -0.121. The third-order valence-corrected chi connectivity index (χ3v) is 2.49. The molecule has 14 heavy (non-hydrogen) atoms. The smallest absolute Gasteiger partial charge is 0.132 e. The number of carbonyl (C=O) groups is 1. The van der Waals surface area contributed by atoms with Crippen molar-refractivity contribution in [3.63, 3.8) is 0 Å². The summed E-state index contributed by atoms with van der Waals surface area (Å²) in [5, 5.41) is 3.28. The van der Waals surface area contributed by atoms with Gasteiger partial charge in [0.2, 0.25) is 0 Å². The first-order valence-electron chi connectivity index (χ1n) is 5.79. The number of Topliss-reactive ketones (excluding diaryl/α,β-unsaturated/α-hetero) is 1. The fourth-order valence-electron chi connectivity index (χ4n) is 1.71. The normalized spacial score (nSPS) is 13.2. The molecule has 0 rings (SSSR count). The van der Waals surface area contributed by atoms with Crippen LogP contribution in [0.5, 0.6) is 0 Å². The topological polar surface area (TPSA) is 29.1 Å². The van der Waals surface area contributed by atoms with Gasteiger partial charge in [-0.2, -0.15) is 0 Å². The SMILES string of the molecule is CCNCCC[C@@H](CC(C)C)C(C)=O. The Morgan fingerprint density at radius 2 is 2.00 bits per heavy atom. The second-order valence-electron chi connectivity index (χ2n) is 4.43. The van der Waals surface area contributed by atoms with Crippen LogP contribution in [0.1, 0.15) is 47.0 Å². The van der Waals surface area contributed by atoms with Gasteiger partial charge in [0.15, 0.2) is 0 Å². The Kier molecular flexibility index (Phi) is 7.77. The summed E-state index contributed by atoms with van der Waals surface area (Å²) in [7, 11) is 0. The van der Waals surface area contributed by atoms with Gasteiger partial charge in [-0.1, -0.05) is 20.8 Å². The van der Waals surface area contributed by atoms with Crippen molar-refractivity contribution in [2.24, 2.45) is 11.8 Å². The minimum absolute atomic E-state index is 0.286. The van der Waals surface area contributed by atoms with Crippen LogP contribution in [0.25, 0.3) is 0 Å². The van der Waals surface area contributed by atoms with Crippen LogP contribution in [0.2, 0.25) is 0 Å². The molecule has 0 heterocycles. The summed E-state index contributed by atoms with van der Waals surface area (Å²) < 4.78 is 0. The summed E-state index contributed by atoms with van der Waals surface area (Å²) in [4.78, 5) is 11.3. The van der Waals surface area contributed by atoms with E-state index in [2.05, 4.69) is 26.1 Å². The zero-order valence-corrected chi connectivity index (χ0v) is 10.1. The highest BCUT2D eigenvalue weighted by molar-refractivity contribution is 5.78. The van der Waals surface area contributed by atoms with Crippen molar-refractivity contribution in [2.75, 3.05) is 13.1 Å². The van der Waals surface area contributed by atoms with Crippen molar-refractivity contribution in [1.82, 2.24) is 5.32 Å². The minimum atomic E-state index is 0.286. The summed E-state index contributed by atoms with van der Waals surface area (Å²) in [6.45, 7) is 10.3. The van der Waals surface area contributed by atoms with Crippen molar-refractivity contribution < 1.29 is 4.79 Å². The Hall–Kier alpha value is -0.370. The maximum Gasteiger partial charge on any atom is 0.132 e. The van der Waals surface area contributed by atoms with Crippen LogP contribution in [0.15, 0.2) is 0 Å². The van der Waals surface area contributed by atoms with Crippen LogP contribution in [-0.2, 0) is 4.79 Å². The van der Waals surface area contributed by atoms with Gasteiger partial charge in [0.1, 0.15) is 5.78 Å². The standard InChI is InChI=1S/C12H25NO/c1-5-13-8-6-7-12(11(4)14)9-10(2)3/h10,12-13H,5-9H2,1-4H3/t12-/m0/s1. The Labute approximate surface area is 88.5 Å². The van der Waals surface area contributed by atoms with E-state index in [1.807, 2.05) is 0 Å². The Balaban J connectivity index is 3.68. The zero-order chi connectivity index (χ0) is 11.0. The molecule has 0 aromatic rings. The van der Waals surface area contributed by atoms with Gasteiger partial charge in [-0.25, -0.2) is 0 Å². The van der Waals surface area contributed by atoms with Crippen LogP contribution in [0.3, 0.4) is 0 Å². The van der Waals surface area contributed by atoms with E-state index in [4.69, 9.17) is 0 Å². The van der Waals surface area contributed by atoms with E-state index < -0.39 is 0 Å². The zero-order valence-electron chi connectivity index (χ0n) is 10.1. The van der Waals surface area contributed by atoms with Gasteiger partial charge >= 0.3 is 0 Å². The molecule has 0 aromatic heterocycles. The fourth-order valence-corrected chi connectivity index (χ4v) is 1.71. The Bertz CT molecular complexity index is 154. The monoisotopic (exact) mass is 199 g/mol. The van der Waals surface area contributed by atoms with Crippen molar-refractivity contribution in [3.8, 4) is 0 Å². The first-order valence-corrected chi connectivity index (χ1v) is 5.79. The number of carbonyl (C=O) groups excluding carboxylic acids is 1. The van der Waals surface area contributed by atoms with Gasteiger partial charge in [0.05, 0.1) is 0 Å². The summed E-state index contributed by atoms with van der Waals surface area (Å²) in [5.41, 5.74) is 0. The lowest BCUT2D eigenvalue weighted by atomic mass is 9.90. The molecule has 0 saturated carbocycles. The number of rotatable bonds is 8. The molecule has 0 saturated heterocycles. The predicted octanol–water partition coefficient (Wildman–Crippen LogP) is 2.63. The highest BCUT2D eigenvalue weighted by Crippen LogP contribution is 2.17. The molecule has 0 fully saturated rings. The molecular formula is C12H25NO. The number of hydrogen-bond donors (Lipinski definition) is 1. The van der Waals surface area contributed by atoms with Gasteiger partial charge in [0.25, 0.3) is 0 Å². The highest BCUT2D eigenvalue weighted by atomic mass is 16.1.